The number of para-hydroxylation sites is 1. The predicted molar refractivity (Wildman–Crippen MR) is 95.1 cm³/mol. The largest absolute Gasteiger partial charge is 0.346 e. The highest BCUT2D eigenvalue weighted by molar-refractivity contribution is 5.79. The van der Waals surface area contributed by atoms with E-state index in [-0.39, 0.29) is 24.1 Å². The van der Waals surface area contributed by atoms with Crippen LogP contribution in [0.25, 0.3) is 10.9 Å². The summed E-state index contributed by atoms with van der Waals surface area (Å²) in [4.78, 5) is 29.3. The highest BCUT2D eigenvalue weighted by Gasteiger charge is 2.34. The monoisotopic (exact) mass is 336 g/mol. The quantitative estimate of drug-likeness (QED) is 0.750. The lowest BCUT2D eigenvalue weighted by atomic mass is 10.1. The molecule has 0 bridgehead atoms. The van der Waals surface area contributed by atoms with E-state index in [2.05, 4.69) is 15.4 Å². The van der Waals surface area contributed by atoms with Crippen LogP contribution in [0.4, 0.5) is 0 Å². The van der Waals surface area contributed by atoms with Crippen LogP contribution in [0.3, 0.4) is 0 Å². The molecule has 1 aliphatic rings. The number of aryl methyl sites for hydroxylation is 1. The molecule has 4 rings (SSSR count). The molecule has 1 atom stereocenters. The van der Waals surface area contributed by atoms with Gasteiger partial charge in [0.25, 0.3) is 5.56 Å². The number of hydrogen-bond donors (Lipinski definition) is 2. The van der Waals surface area contributed by atoms with Crippen molar-refractivity contribution in [1.82, 2.24) is 20.1 Å². The molecule has 6 nitrogen and oxygen atoms in total. The number of carbonyl (C=O) groups excluding carboxylic acids is 1. The van der Waals surface area contributed by atoms with Crippen molar-refractivity contribution < 1.29 is 4.79 Å². The molecule has 25 heavy (non-hydrogen) atoms. The molecule has 1 unspecified atom stereocenters. The lowest BCUT2D eigenvalue weighted by Crippen LogP contribution is -2.35. The lowest BCUT2D eigenvalue weighted by Gasteiger charge is -2.18. The average Bonchev–Trinajstić information content (AvgIpc) is 3.39. The summed E-state index contributed by atoms with van der Waals surface area (Å²) in [5.74, 6) is 0.242. The fraction of sp³-hybridized carbons (Fsp3) is 0.316. The number of aromatic nitrogens is 3. The summed E-state index contributed by atoms with van der Waals surface area (Å²) in [5.41, 5.74) is 2.57. The Kier molecular flexibility index (Phi) is 3.87. The van der Waals surface area contributed by atoms with Gasteiger partial charge in [-0.25, -0.2) is 4.68 Å². The molecule has 2 N–H and O–H groups in total. The molecule has 2 aromatic heterocycles. The third kappa shape index (κ3) is 3.20. The first-order valence-corrected chi connectivity index (χ1v) is 8.51. The Balaban J connectivity index is 1.54. The second kappa shape index (κ2) is 6.20. The molecule has 3 aromatic rings. The Morgan fingerprint density at radius 3 is 2.88 bits per heavy atom. The van der Waals surface area contributed by atoms with Crippen LogP contribution in [0.2, 0.25) is 0 Å². The van der Waals surface area contributed by atoms with E-state index in [1.165, 1.54) is 4.68 Å². The number of rotatable bonds is 5. The second-order valence-corrected chi connectivity index (χ2v) is 6.69. The zero-order chi connectivity index (χ0) is 17.4. The molecule has 0 aliphatic heterocycles. The van der Waals surface area contributed by atoms with Crippen LogP contribution < -0.4 is 10.9 Å². The van der Waals surface area contributed by atoms with Gasteiger partial charge >= 0.3 is 0 Å². The van der Waals surface area contributed by atoms with Crippen LogP contribution >= 0.6 is 0 Å². The maximum Gasteiger partial charge on any atom is 0.274 e. The number of hydrogen-bond acceptors (Lipinski definition) is 3. The lowest BCUT2D eigenvalue weighted by molar-refractivity contribution is -0.122. The normalized spacial score (nSPS) is 15.2. The van der Waals surface area contributed by atoms with E-state index in [0.717, 1.165) is 29.6 Å². The number of aromatic amines is 1. The van der Waals surface area contributed by atoms with E-state index in [1.54, 1.807) is 12.3 Å². The Labute approximate surface area is 144 Å². The molecule has 1 saturated carbocycles. The molecular weight excluding hydrogens is 316 g/mol. The minimum Gasteiger partial charge on any atom is -0.346 e. The number of nitrogens with zero attached hydrogens (tertiary/aromatic N) is 2. The molecule has 1 aromatic carbocycles. The first-order chi connectivity index (χ1) is 12.1. The predicted octanol–water partition coefficient (Wildman–Crippen LogP) is 2.30. The zero-order valence-corrected chi connectivity index (χ0v) is 14.0. The van der Waals surface area contributed by atoms with Gasteiger partial charge in [0, 0.05) is 6.20 Å². The fourth-order valence-electron chi connectivity index (χ4n) is 3.18. The molecule has 6 heteroatoms. The van der Waals surface area contributed by atoms with Crippen LogP contribution in [-0.4, -0.2) is 20.7 Å². The van der Waals surface area contributed by atoms with Gasteiger partial charge in [-0.05, 0) is 55.5 Å². The number of pyridine rings is 1. The Morgan fingerprint density at radius 2 is 2.16 bits per heavy atom. The van der Waals surface area contributed by atoms with Gasteiger partial charge in [-0.3, -0.25) is 19.7 Å². The third-order valence-corrected chi connectivity index (χ3v) is 4.62. The average molecular weight is 336 g/mol. The van der Waals surface area contributed by atoms with Gasteiger partial charge in [0.15, 0.2) is 0 Å². The second-order valence-electron chi connectivity index (χ2n) is 6.69. The Morgan fingerprint density at radius 1 is 1.36 bits per heavy atom. The molecule has 2 heterocycles. The molecule has 0 saturated heterocycles. The molecule has 1 amide bonds. The maximum absolute atomic E-state index is 12.5. The van der Waals surface area contributed by atoms with Gasteiger partial charge in [-0.2, -0.15) is 0 Å². The SMILES string of the molecule is Cc1ccnc(C(NC(=O)Cn2[nH]c3ccccc3c2=O)C2CC2)c1. The summed E-state index contributed by atoms with van der Waals surface area (Å²) in [7, 11) is 0. The third-order valence-electron chi connectivity index (χ3n) is 4.62. The zero-order valence-electron chi connectivity index (χ0n) is 14.0. The first kappa shape index (κ1) is 15.6. The summed E-state index contributed by atoms with van der Waals surface area (Å²) < 4.78 is 1.35. The number of carbonyl (C=O) groups is 1. The van der Waals surface area contributed by atoms with Crippen LogP contribution in [-0.2, 0) is 11.3 Å². The molecule has 128 valence electrons. The summed E-state index contributed by atoms with van der Waals surface area (Å²) in [6, 6.07) is 11.1. The topological polar surface area (TPSA) is 79.8 Å². The van der Waals surface area contributed by atoms with Crippen molar-refractivity contribution >= 4 is 16.8 Å². The van der Waals surface area contributed by atoms with Crippen LogP contribution in [0, 0.1) is 12.8 Å². The van der Waals surface area contributed by atoms with Crippen molar-refractivity contribution in [2.45, 2.75) is 32.4 Å². The van der Waals surface area contributed by atoms with Gasteiger partial charge in [-0.15, -0.1) is 0 Å². The Hall–Kier alpha value is -2.89. The van der Waals surface area contributed by atoms with Crippen LogP contribution in [0.5, 0.6) is 0 Å². The van der Waals surface area contributed by atoms with Crippen molar-refractivity contribution in [3.63, 3.8) is 0 Å². The van der Waals surface area contributed by atoms with Gasteiger partial charge in [0.2, 0.25) is 5.91 Å². The van der Waals surface area contributed by atoms with E-state index >= 15 is 0 Å². The van der Waals surface area contributed by atoms with E-state index < -0.39 is 0 Å². The summed E-state index contributed by atoms with van der Waals surface area (Å²) in [5, 5.41) is 6.64. The van der Waals surface area contributed by atoms with Gasteiger partial charge in [0.1, 0.15) is 6.54 Å². The van der Waals surface area contributed by atoms with Crippen molar-refractivity contribution in [3.05, 3.63) is 64.2 Å². The van der Waals surface area contributed by atoms with Gasteiger partial charge < -0.3 is 5.32 Å². The molecule has 0 spiro atoms. The molecule has 1 aliphatic carbocycles. The van der Waals surface area contributed by atoms with Crippen molar-refractivity contribution in [2.24, 2.45) is 5.92 Å². The smallest absolute Gasteiger partial charge is 0.274 e. The van der Waals surface area contributed by atoms with Crippen LogP contribution in [0.15, 0.2) is 47.4 Å². The number of nitrogens with one attached hydrogen (secondary N) is 2. The molecular formula is C19H20N4O2. The van der Waals surface area contributed by atoms with Crippen molar-refractivity contribution in [3.8, 4) is 0 Å². The minimum atomic E-state index is -0.186. The number of fused-ring (bicyclic) bond motifs is 1. The highest BCUT2D eigenvalue weighted by Crippen LogP contribution is 2.40. The maximum atomic E-state index is 12.5. The Bertz CT molecular complexity index is 984. The molecule has 1 fully saturated rings. The van der Waals surface area contributed by atoms with Crippen molar-refractivity contribution in [2.75, 3.05) is 0 Å². The standard InChI is InChI=1S/C19H20N4O2/c1-12-8-9-20-16(10-12)18(13-6-7-13)21-17(24)11-23-19(25)14-4-2-3-5-15(14)22-23/h2-5,8-10,13,18,22H,6-7,11H2,1H3,(H,21,24). The summed E-state index contributed by atoms with van der Waals surface area (Å²) >= 11 is 0. The highest BCUT2D eigenvalue weighted by atomic mass is 16.2. The van der Waals surface area contributed by atoms with E-state index in [0.29, 0.717) is 11.3 Å². The van der Waals surface area contributed by atoms with E-state index in [4.69, 9.17) is 0 Å². The van der Waals surface area contributed by atoms with E-state index in [9.17, 15) is 9.59 Å². The van der Waals surface area contributed by atoms with Gasteiger partial charge in [0.05, 0.1) is 22.6 Å². The number of H-pyrrole nitrogens is 1. The van der Waals surface area contributed by atoms with Gasteiger partial charge in [-0.1, -0.05) is 12.1 Å². The number of amides is 1. The molecule has 0 radical (unpaired) electrons. The summed E-state index contributed by atoms with van der Waals surface area (Å²) in [6.07, 6.45) is 3.95. The minimum absolute atomic E-state index is 0.0252. The van der Waals surface area contributed by atoms with E-state index in [1.807, 2.05) is 37.3 Å². The summed E-state index contributed by atoms with van der Waals surface area (Å²) in [6.45, 7) is 1.99. The fourth-order valence-corrected chi connectivity index (χ4v) is 3.18. The van der Waals surface area contributed by atoms with Crippen LogP contribution in [0.1, 0.15) is 30.1 Å². The van der Waals surface area contributed by atoms with Crippen molar-refractivity contribution in [1.29, 1.82) is 0 Å². The first-order valence-electron chi connectivity index (χ1n) is 8.51. The number of benzene rings is 1.